The van der Waals surface area contributed by atoms with Crippen LogP contribution in [0.2, 0.25) is 5.15 Å². The van der Waals surface area contributed by atoms with Crippen molar-refractivity contribution < 1.29 is 4.79 Å². The van der Waals surface area contributed by atoms with E-state index in [0.29, 0.717) is 29.5 Å². The molecular weight excluding hydrogens is 416 g/mol. The molecular formula is C23H23ClN4OS. The highest BCUT2D eigenvalue weighted by Crippen LogP contribution is 2.23. The summed E-state index contributed by atoms with van der Waals surface area (Å²) in [5.74, 6) is -0.183. The van der Waals surface area contributed by atoms with Crippen molar-refractivity contribution in [1.82, 2.24) is 20.1 Å². The predicted octanol–water partition coefficient (Wildman–Crippen LogP) is 5.17. The molecule has 0 aliphatic carbocycles. The minimum absolute atomic E-state index is 0.183. The number of aryl methyl sites for hydroxylation is 3. The van der Waals surface area contributed by atoms with Crippen molar-refractivity contribution >= 4 is 39.1 Å². The van der Waals surface area contributed by atoms with E-state index in [1.807, 2.05) is 44.2 Å². The fourth-order valence-electron chi connectivity index (χ4n) is 3.34. The number of para-hydroxylation sites is 1. The lowest BCUT2D eigenvalue weighted by atomic mass is 10.1. The molecule has 0 saturated heterocycles. The second-order valence-electron chi connectivity index (χ2n) is 7.33. The van der Waals surface area contributed by atoms with Crippen molar-refractivity contribution in [3.8, 4) is 0 Å². The zero-order chi connectivity index (χ0) is 21.1. The summed E-state index contributed by atoms with van der Waals surface area (Å²) in [5, 5.41) is 8.89. The topological polar surface area (TPSA) is 59.8 Å². The molecule has 1 N–H and O–H groups in total. The molecule has 0 atom stereocenters. The molecule has 30 heavy (non-hydrogen) atoms. The maximum atomic E-state index is 12.7. The lowest BCUT2D eigenvalue weighted by Crippen LogP contribution is -2.25. The van der Waals surface area contributed by atoms with Gasteiger partial charge in [0.2, 0.25) is 0 Å². The number of aromatic nitrogens is 3. The van der Waals surface area contributed by atoms with Crippen molar-refractivity contribution in [3.05, 3.63) is 81.1 Å². The van der Waals surface area contributed by atoms with E-state index >= 15 is 0 Å². The van der Waals surface area contributed by atoms with Crippen molar-refractivity contribution in [2.75, 3.05) is 6.54 Å². The number of thiazole rings is 1. The van der Waals surface area contributed by atoms with Gasteiger partial charge in [0.15, 0.2) is 0 Å². The van der Waals surface area contributed by atoms with Gasteiger partial charge in [-0.25, -0.2) is 9.67 Å². The number of amides is 1. The van der Waals surface area contributed by atoms with Gasteiger partial charge in [0.05, 0.1) is 33.0 Å². The summed E-state index contributed by atoms with van der Waals surface area (Å²) in [5.41, 5.74) is 4.41. The molecule has 0 radical (unpaired) electrons. The second-order valence-corrected chi connectivity index (χ2v) is 8.80. The first-order valence-corrected chi connectivity index (χ1v) is 11.1. The number of hydrogen-bond acceptors (Lipinski definition) is 4. The molecule has 0 unspecified atom stereocenters. The smallest absolute Gasteiger partial charge is 0.256 e. The van der Waals surface area contributed by atoms with E-state index < -0.39 is 0 Å². The molecule has 2 heterocycles. The van der Waals surface area contributed by atoms with E-state index in [4.69, 9.17) is 11.6 Å². The number of carbonyl (C=O) groups excluding carboxylic acids is 1. The predicted molar refractivity (Wildman–Crippen MR) is 123 cm³/mol. The van der Waals surface area contributed by atoms with Gasteiger partial charge in [-0.1, -0.05) is 53.6 Å². The summed E-state index contributed by atoms with van der Waals surface area (Å²) in [6.45, 7) is 4.96. The monoisotopic (exact) mass is 438 g/mol. The number of benzene rings is 2. The van der Waals surface area contributed by atoms with Crippen LogP contribution in [-0.2, 0) is 13.0 Å². The van der Waals surface area contributed by atoms with E-state index in [1.165, 1.54) is 10.3 Å². The third kappa shape index (κ3) is 4.55. The van der Waals surface area contributed by atoms with E-state index in [9.17, 15) is 4.79 Å². The molecule has 0 saturated carbocycles. The Morgan fingerprint density at radius 2 is 1.90 bits per heavy atom. The van der Waals surface area contributed by atoms with Gasteiger partial charge >= 0.3 is 0 Å². The van der Waals surface area contributed by atoms with E-state index in [1.54, 1.807) is 16.0 Å². The fraction of sp³-hybridized carbons (Fsp3) is 0.261. The number of nitrogens with one attached hydrogen (secondary N) is 1. The minimum atomic E-state index is -0.183. The molecule has 0 aliphatic heterocycles. The summed E-state index contributed by atoms with van der Waals surface area (Å²) >= 11 is 8.19. The third-order valence-electron chi connectivity index (χ3n) is 4.94. The Kier molecular flexibility index (Phi) is 6.16. The SMILES string of the molecule is Cc1ccc(Cn2nc(C)c(C(=O)NCCCc3nc4ccccc4s3)c2Cl)cc1. The van der Waals surface area contributed by atoms with Crippen LogP contribution in [0.1, 0.15) is 38.6 Å². The zero-order valence-corrected chi connectivity index (χ0v) is 18.6. The number of nitrogens with zero attached hydrogens (tertiary/aromatic N) is 3. The van der Waals surface area contributed by atoms with Crippen LogP contribution in [0.25, 0.3) is 10.2 Å². The summed E-state index contributed by atoms with van der Waals surface area (Å²) in [7, 11) is 0. The molecule has 0 aliphatic rings. The average Bonchev–Trinajstić information content (AvgIpc) is 3.27. The Balaban J connectivity index is 1.34. The average molecular weight is 439 g/mol. The molecule has 2 aromatic heterocycles. The van der Waals surface area contributed by atoms with Crippen LogP contribution in [0.15, 0.2) is 48.5 Å². The van der Waals surface area contributed by atoms with Gasteiger partial charge in [-0.15, -0.1) is 11.3 Å². The number of halogens is 1. The Morgan fingerprint density at radius 1 is 1.13 bits per heavy atom. The number of rotatable bonds is 7. The van der Waals surface area contributed by atoms with E-state index in [-0.39, 0.29) is 5.91 Å². The van der Waals surface area contributed by atoms with Gasteiger partial charge in [0.25, 0.3) is 5.91 Å². The number of fused-ring (bicyclic) bond motifs is 1. The minimum Gasteiger partial charge on any atom is -0.352 e. The van der Waals surface area contributed by atoms with Gasteiger partial charge in [0, 0.05) is 13.0 Å². The number of carbonyl (C=O) groups is 1. The highest BCUT2D eigenvalue weighted by molar-refractivity contribution is 7.18. The standard InChI is InChI=1S/C23H23ClN4OS/c1-15-9-11-17(12-10-15)14-28-22(24)21(16(2)27-28)23(29)25-13-5-8-20-26-18-6-3-4-7-19(18)30-20/h3-4,6-7,9-12H,5,8,13-14H2,1-2H3,(H,25,29). The molecule has 4 rings (SSSR count). The zero-order valence-electron chi connectivity index (χ0n) is 17.0. The molecule has 5 nitrogen and oxygen atoms in total. The van der Waals surface area contributed by atoms with Crippen LogP contribution >= 0.6 is 22.9 Å². The molecule has 1 amide bonds. The third-order valence-corrected chi connectivity index (χ3v) is 6.42. The van der Waals surface area contributed by atoms with Gasteiger partial charge < -0.3 is 5.32 Å². The Bertz CT molecular complexity index is 1150. The summed E-state index contributed by atoms with van der Waals surface area (Å²) in [6.07, 6.45) is 1.65. The lowest BCUT2D eigenvalue weighted by molar-refractivity contribution is 0.0952. The van der Waals surface area contributed by atoms with Crippen LogP contribution in [0, 0.1) is 13.8 Å². The Labute approximate surface area is 184 Å². The highest BCUT2D eigenvalue weighted by Gasteiger charge is 2.20. The van der Waals surface area contributed by atoms with Crippen LogP contribution in [0.5, 0.6) is 0 Å². The maximum absolute atomic E-state index is 12.7. The molecule has 4 aromatic rings. The first kappa shape index (κ1) is 20.6. The fourth-order valence-corrected chi connectivity index (χ4v) is 4.67. The second kappa shape index (κ2) is 8.98. The van der Waals surface area contributed by atoms with Gasteiger partial charge in [-0.05, 0) is 38.0 Å². The van der Waals surface area contributed by atoms with Gasteiger partial charge in [0.1, 0.15) is 5.15 Å². The van der Waals surface area contributed by atoms with Gasteiger partial charge in [-0.2, -0.15) is 5.10 Å². The Hall–Kier alpha value is -2.70. The molecule has 0 fully saturated rings. The Morgan fingerprint density at radius 3 is 2.67 bits per heavy atom. The van der Waals surface area contributed by atoms with Crippen molar-refractivity contribution in [1.29, 1.82) is 0 Å². The molecule has 2 aromatic carbocycles. The van der Waals surface area contributed by atoms with Crippen LogP contribution in [0.4, 0.5) is 0 Å². The summed E-state index contributed by atoms with van der Waals surface area (Å²) < 4.78 is 2.87. The van der Waals surface area contributed by atoms with E-state index in [0.717, 1.165) is 28.9 Å². The maximum Gasteiger partial charge on any atom is 0.256 e. The highest BCUT2D eigenvalue weighted by atomic mass is 35.5. The first-order chi connectivity index (χ1) is 14.5. The quantitative estimate of drug-likeness (QED) is 0.405. The lowest BCUT2D eigenvalue weighted by Gasteiger charge is -2.06. The van der Waals surface area contributed by atoms with Crippen molar-refractivity contribution in [2.45, 2.75) is 33.2 Å². The first-order valence-electron chi connectivity index (χ1n) is 9.92. The number of hydrogen-bond donors (Lipinski definition) is 1. The van der Waals surface area contributed by atoms with Crippen molar-refractivity contribution in [2.24, 2.45) is 0 Å². The van der Waals surface area contributed by atoms with Crippen molar-refractivity contribution in [3.63, 3.8) is 0 Å². The largest absolute Gasteiger partial charge is 0.352 e. The van der Waals surface area contributed by atoms with E-state index in [2.05, 4.69) is 33.6 Å². The van der Waals surface area contributed by atoms with Crippen LogP contribution < -0.4 is 5.32 Å². The van der Waals surface area contributed by atoms with Crippen LogP contribution in [-0.4, -0.2) is 27.2 Å². The summed E-state index contributed by atoms with van der Waals surface area (Å²) in [4.78, 5) is 17.3. The molecule has 154 valence electrons. The molecule has 7 heteroatoms. The molecule has 0 spiro atoms. The summed E-state index contributed by atoms with van der Waals surface area (Å²) in [6, 6.07) is 16.3. The molecule has 0 bridgehead atoms. The van der Waals surface area contributed by atoms with Gasteiger partial charge in [-0.3, -0.25) is 4.79 Å². The van der Waals surface area contributed by atoms with Crippen LogP contribution in [0.3, 0.4) is 0 Å². The normalized spacial score (nSPS) is 11.2.